The molecule has 0 amide bonds. The molecule has 0 fully saturated rings. The van der Waals surface area contributed by atoms with Crippen LogP contribution in [0.25, 0.3) is 0 Å². The molecule has 6 heteroatoms. The van der Waals surface area contributed by atoms with Gasteiger partial charge in [-0.15, -0.1) is 0 Å². The van der Waals surface area contributed by atoms with Crippen LogP contribution >= 0.6 is 11.6 Å². The largest absolute Gasteiger partial charge is 0.436 e. The van der Waals surface area contributed by atoms with E-state index < -0.39 is 11.9 Å². The van der Waals surface area contributed by atoms with Crippen LogP contribution < -0.4 is 0 Å². The van der Waals surface area contributed by atoms with Crippen LogP contribution in [0.15, 0.2) is 0 Å². The van der Waals surface area contributed by atoms with Crippen molar-refractivity contribution >= 4 is 11.6 Å². The van der Waals surface area contributed by atoms with Crippen molar-refractivity contribution in [1.82, 2.24) is 10.2 Å². The number of halogens is 4. The molecule has 2 nitrogen and oxygen atoms in total. The van der Waals surface area contributed by atoms with Crippen LogP contribution in [-0.4, -0.2) is 10.2 Å². The van der Waals surface area contributed by atoms with E-state index >= 15 is 0 Å². The number of rotatable bonds is 2. The maximum absolute atomic E-state index is 12.2. The number of aromatic amines is 1. The minimum Gasteiger partial charge on any atom is -0.280 e. The summed E-state index contributed by atoms with van der Waals surface area (Å²) in [6, 6.07) is 0. The van der Waals surface area contributed by atoms with Gasteiger partial charge in [-0.05, 0) is 12.3 Å². The summed E-state index contributed by atoms with van der Waals surface area (Å²) in [4.78, 5) is 0. The molecule has 0 aliphatic carbocycles. The molecule has 1 rings (SSSR count). The van der Waals surface area contributed by atoms with E-state index in [9.17, 15) is 13.2 Å². The van der Waals surface area contributed by atoms with Crippen LogP contribution in [0.1, 0.15) is 25.2 Å². The molecule has 0 bridgehead atoms. The average molecular weight is 227 g/mol. The number of aromatic nitrogens is 2. The molecule has 1 aromatic heterocycles. The van der Waals surface area contributed by atoms with Crippen molar-refractivity contribution in [3.05, 3.63) is 16.4 Å². The van der Waals surface area contributed by atoms with Crippen molar-refractivity contribution in [3.8, 4) is 0 Å². The summed E-state index contributed by atoms with van der Waals surface area (Å²) in [6.07, 6.45) is -4.02. The molecule has 0 saturated heterocycles. The van der Waals surface area contributed by atoms with Gasteiger partial charge < -0.3 is 0 Å². The zero-order chi connectivity index (χ0) is 10.9. The van der Waals surface area contributed by atoms with Crippen LogP contribution in [0.2, 0.25) is 5.02 Å². The summed E-state index contributed by atoms with van der Waals surface area (Å²) in [5, 5.41) is 5.15. The van der Waals surface area contributed by atoms with Crippen molar-refractivity contribution < 1.29 is 13.2 Å². The van der Waals surface area contributed by atoms with Gasteiger partial charge in [0, 0.05) is 0 Å². The third kappa shape index (κ3) is 2.41. The van der Waals surface area contributed by atoms with E-state index in [0.29, 0.717) is 12.1 Å². The first-order valence-corrected chi connectivity index (χ1v) is 4.50. The normalized spacial score (nSPS) is 12.5. The lowest BCUT2D eigenvalue weighted by atomic mass is 10.1. The maximum atomic E-state index is 12.2. The zero-order valence-electron chi connectivity index (χ0n) is 7.74. The monoisotopic (exact) mass is 226 g/mol. The Labute approximate surface area is 84.5 Å². The second-order valence-corrected chi connectivity index (χ2v) is 3.84. The Morgan fingerprint density at radius 2 is 2.00 bits per heavy atom. The van der Waals surface area contributed by atoms with Gasteiger partial charge >= 0.3 is 6.18 Å². The number of H-pyrrole nitrogens is 1. The summed E-state index contributed by atoms with van der Waals surface area (Å²) in [5.74, 6) is 0.231. The number of alkyl halides is 3. The zero-order valence-corrected chi connectivity index (χ0v) is 8.50. The fourth-order valence-electron chi connectivity index (χ4n) is 1.10. The Kier molecular flexibility index (Phi) is 3.09. The van der Waals surface area contributed by atoms with E-state index in [1.807, 2.05) is 13.8 Å². The Balaban J connectivity index is 2.97. The van der Waals surface area contributed by atoms with Gasteiger partial charge in [0.2, 0.25) is 0 Å². The van der Waals surface area contributed by atoms with Gasteiger partial charge in [-0.1, -0.05) is 25.4 Å². The first kappa shape index (κ1) is 11.4. The van der Waals surface area contributed by atoms with Gasteiger partial charge in [0.15, 0.2) is 5.69 Å². The van der Waals surface area contributed by atoms with Crippen molar-refractivity contribution in [2.24, 2.45) is 5.92 Å². The molecule has 0 aliphatic heterocycles. The molecular formula is C8H10ClF3N2. The van der Waals surface area contributed by atoms with E-state index in [1.54, 1.807) is 0 Å². The minimum absolute atomic E-state index is 0.231. The van der Waals surface area contributed by atoms with Gasteiger partial charge in [0.25, 0.3) is 0 Å². The second-order valence-electron chi connectivity index (χ2n) is 3.46. The fourth-order valence-corrected chi connectivity index (χ4v) is 1.36. The minimum atomic E-state index is -4.48. The molecular weight excluding hydrogens is 217 g/mol. The van der Waals surface area contributed by atoms with Gasteiger partial charge in [0.05, 0.1) is 10.7 Å². The van der Waals surface area contributed by atoms with E-state index in [2.05, 4.69) is 10.2 Å². The molecule has 1 aromatic rings. The third-order valence-electron chi connectivity index (χ3n) is 1.66. The predicted octanol–water partition coefficient (Wildman–Crippen LogP) is 3.28. The van der Waals surface area contributed by atoms with Gasteiger partial charge in [-0.25, -0.2) is 0 Å². The standard InChI is InChI=1S/C8H10ClF3N2/c1-4(2)3-5-6(9)7(14-13-5)8(10,11)12/h4H,3H2,1-2H3,(H,13,14). The molecule has 0 saturated carbocycles. The first-order valence-electron chi connectivity index (χ1n) is 4.12. The Hall–Kier alpha value is -0.710. The molecule has 0 spiro atoms. The highest BCUT2D eigenvalue weighted by atomic mass is 35.5. The molecule has 0 unspecified atom stereocenters. The van der Waals surface area contributed by atoms with Crippen molar-refractivity contribution in [1.29, 1.82) is 0 Å². The Bertz CT molecular complexity index is 317. The smallest absolute Gasteiger partial charge is 0.280 e. The Morgan fingerprint density at radius 1 is 1.43 bits per heavy atom. The molecule has 80 valence electrons. The molecule has 0 aliphatic rings. The molecule has 0 radical (unpaired) electrons. The molecule has 1 heterocycles. The highest BCUT2D eigenvalue weighted by molar-refractivity contribution is 6.31. The lowest BCUT2D eigenvalue weighted by Gasteiger charge is -2.03. The number of nitrogens with zero attached hydrogens (tertiary/aromatic N) is 1. The molecule has 0 aromatic carbocycles. The van der Waals surface area contributed by atoms with Crippen molar-refractivity contribution in [2.45, 2.75) is 26.4 Å². The van der Waals surface area contributed by atoms with Crippen LogP contribution in [0, 0.1) is 5.92 Å². The average Bonchev–Trinajstić information content (AvgIpc) is 2.30. The van der Waals surface area contributed by atoms with Crippen molar-refractivity contribution in [3.63, 3.8) is 0 Å². The summed E-state index contributed by atoms with van der Waals surface area (Å²) in [5.41, 5.74) is -0.691. The summed E-state index contributed by atoms with van der Waals surface area (Å²) < 4.78 is 36.7. The highest BCUT2D eigenvalue weighted by Gasteiger charge is 2.37. The van der Waals surface area contributed by atoms with Crippen LogP contribution in [0.5, 0.6) is 0 Å². The summed E-state index contributed by atoms with van der Waals surface area (Å²) in [7, 11) is 0. The van der Waals surface area contributed by atoms with Gasteiger partial charge in [0.1, 0.15) is 0 Å². The van der Waals surface area contributed by atoms with Crippen molar-refractivity contribution in [2.75, 3.05) is 0 Å². The second kappa shape index (κ2) is 3.81. The topological polar surface area (TPSA) is 28.7 Å². The fraction of sp³-hybridized carbons (Fsp3) is 0.625. The predicted molar refractivity (Wildman–Crippen MR) is 47.1 cm³/mol. The number of nitrogens with one attached hydrogen (secondary N) is 1. The number of hydrogen-bond acceptors (Lipinski definition) is 1. The van der Waals surface area contributed by atoms with E-state index in [-0.39, 0.29) is 10.9 Å². The van der Waals surface area contributed by atoms with E-state index in [4.69, 9.17) is 11.6 Å². The highest BCUT2D eigenvalue weighted by Crippen LogP contribution is 2.34. The Morgan fingerprint density at radius 3 is 2.36 bits per heavy atom. The third-order valence-corrected chi connectivity index (χ3v) is 2.06. The number of hydrogen-bond donors (Lipinski definition) is 1. The van der Waals surface area contributed by atoms with Crippen LogP contribution in [0.4, 0.5) is 13.2 Å². The first-order chi connectivity index (χ1) is 6.32. The lowest BCUT2D eigenvalue weighted by Crippen LogP contribution is -2.06. The lowest BCUT2D eigenvalue weighted by molar-refractivity contribution is -0.141. The van der Waals surface area contributed by atoms with Gasteiger partial charge in [-0.2, -0.15) is 18.3 Å². The molecule has 1 N–H and O–H groups in total. The van der Waals surface area contributed by atoms with Gasteiger partial charge in [-0.3, -0.25) is 5.10 Å². The quantitative estimate of drug-likeness (QED) is 0.824. The molecule has 14 heavy (non-hydrogen) atoms. The van der Waals surface area contributed by atoms with E-state index in [1.165, 1.54) is 0 Å². The maximum Gasteiger partial charge on any atom is 0.436 e. The molecule has 0 atom stereocenters. The van der Waals surface area contributed by atoms with Crippen LogP contribution in [0.3, 0.4) is 0 Å². The summed E-state index contributed by atoms with van der Waals surface area (Å²) in [6.45, 7) is 3.79. The summed E-state index contributed by atoms with van der Waals surface area (Å²) >= 11 is 5.54. The SMILES string of the molecule is CC(C)Cc1[nH]nc(C(F)(F)F)c1Cl. The van der Waals surface area contributed by atoms with Crippen LogP contribution in [-0.2, 0) is 12.6 Å². The van der Waals surface area contributed by atoms with E-state index in [0.717, 1.165) is 0 Å².